The molecule has 0 spiro atoms. The van der Waals surface area contributed by atoms with E-state index in [-0.39, 0.29) is 27.9 Å². The Morgan fingerprint density at radius 2 is 2.12 bits per heavy atom. The molecule has 120 valence electrons. The van der Waals surface area contributed by atoms with Gasteiger partial charge in [0.2, 0.25) is 0 Å². The molecule has 0 radical (unpaired) electrons. The molecule has 0 saturated carbocycles. The summed E-state index contributed by atoms with van der Waals surface area (Å²) in [5, 5.41) is 19.5. The zero-order valence-corrected chi connectivity index (χ0v) is 13.4. The normalized spacial score (nSPS) is 10.4. The molecule has 4 N–H and O–H groups in total. The van der Waals surface area contributed by atoms with E-state index in [0.717, 1.165) is 5.56 Å². The Balaban J connectivity index is 2.27. The van der Waals surface area contributed by atoms with Gasteiger partial charge in [0, 0.05) is 23.5 Å². The Morgan fingerprint density at radius 3 is 2.75 bits per heavy atom. The Bertz CT molecular complexity index is 946. The highest BCUT2D eigenvalue weighted by Crippen LogP contribution is 2.40. The Kier molecular flexibility index (Phi) is 4.02. The van der Waals surface area contributed by atoms with Gasteiger partial charge in [0.15, 0.2) is 11.5 Å². The van der Waals surface area contributed by atoms with Crippen LogP contribution in [0.4, 0.5) is 5.82 Å². The van der Waals surface area contributed by atoms with Crippen molar-refractivity contribution >= 4 is 17.4 Å². The molecule has 0 saturated heterocycles. The lowest BCUT2D eigenvalue weighted by Gasteiger charge is -2.12. The highest BCUT2D eigenvalue weighted by atomic mass is 35.5. The van der Waals surface area contributed by atoms with Crippen molar-refractivity contribution in [3.63, 3.8) is 0 Å². The second-order valence-corrected chi connectivity index (χ2v) is 5.44. The zero-order chi connectivity index (χ0) is 17.3. The number of nitrogen functional groups attached to an aromatic ring is 1. The maximum Gasteiger partial charge on any atom is 0.176 e. The number of anilines is 1. The molecule has 3 aromatic rings. The lowest BCUT2D eigenvalue weighted by Crippen LogP contribution is -1.99. The van der Waals surface area contributed by atoms with Crippen molar-refractivity contribution in [1.82, 2.24) is 9.97 Å². The molecule has 1 aromatic carbocycles. The second kappa shape index (κ2) is 6.14. The molecule has 2 aromatic heterocycles. The molecule has 0 aliphatic heterocycles. The minimum Gasteiger partial charge on any atom is -0.503 e. The van der Waals surface area contributed by atoms with E-state index >= 15 is 0 Å². The SMILES string of the molecule is COc1cc(-c2cc(-c3cc[nH]c3)nc(N)c2C#N)cc(Cl)c1O. The number of aromatic amines is 1. The molecule has 24 heavy (non-hydrogen) atoms. The van der Waals surface area contributed by atoms with Crippen LogP contribution in [-0.2, 0) is 0 Å². The fourth-order valence-electron chi connectivity index (χ4n) is 2.43. The molecular formula is C17H13ClN4O2. The number of rotatable bonds is 3. The van der Waals surface area contributed by atoms with Crippen LogP contribution in [-0.4, -0.2) is 22.2 Å². The van der Waals surface area contributed by atoms with Gasteiger partial charge in [0.1, 0.15) is 17.5 Å². The highest BCUT2D eigenvalue weighted by molar-refractivity contribution is 6.32. The number of pyridine rings is 1. The first-order valence-electron chi connectivity index (χ1n) is 6.95. The van der Waals surface area contributed by atoms with E-state index in [1.807, 2.05) is 6.07 Å². The number of ether oxygens (including phenoxy) is 1. The molecule has 0 atom stereocenters. The second-order valence-electron chi connectivity index (χ2n) is 5.04. The summed E-state index contributed by atoms with van der Waals surface area (Å²) in [5.74, 6) is 0.170. The van der Waals surface area contributed by atoms with Gasteiger partial charge in [-0.1, -0.05) is 11.6 Å². The van der Waals surface area contributed by atoms with Crippen LogP contribution in [0.25, 0.3) is 22.4 Å². The standard InChI is InChI=1S/C17H13ClN4O2/c1-24-15-5-10(4-13(18)16(15)23)11-6-14(9-2-3-21-8-9)22-17(20)12(11)7-19/h2-6,8,21,23H,1H3,(H2,20,22). The Hall–Kier alpha value is -3.17. The van der Waals surface area contributed by atoms with E-state index in [4.69, 9.17) is 22.1 Å². The smallest absolute Gasteiger partial charge is 0.176 e. The van der Waals surface area contributed by atoms with Gasteiger partial charge in [-0.2, -0.15) is 5.26 Å². The lowest BCUT2D eigenvalue weighted by atomic mass is 9.98. The average Bonchev–Trinajstić information content (AvgIpc) is 3.11. The van der Waals surface area contributed by atoms with E-state index in [2.05, 4.69) is 16.0 Å². The van der Waals surface area contributed by atoms with Gasteiger partial charge in [-0.3, -0.25) is 0 Å². The van der Waals surface area contributed by atoms with Crippen LogP contribution < -0.4 is 10.5 Å². The molecule has 3 rings (SSSR count). The number of hydrogen-bond donors (Lipinski definition) is 3. The summed E-state index contributed by atoms with van der Waals surface area (Å²) < 4.78 is 5.12. The maximum atomic E-state index is 9.89. The van der Waals surface area contributed by atoms with Crippen molar-refractivity contribution in [3.05, 3.63) is 47.2 Å². The maximum absolute atomic E-state index is 9.89. The van der Waals surface area contributed by atoms with Crippen LogP contribution in [0.2, 0.25) is 5.02 Å². The van der Waals surface area contributed by atoms with Gasteiger partial charge in [0.05, 0.1) is 17.8 Å². The van der Waals surface area contributed by atoms with E-state index in [0.29, 0.717) is 16.8 Å². The third-order valence-corrected chi connectivity index (χ3v) is 3.90. The minimum absolute atomic E-state index is 0.117. The molecule has 6 nitrogen and oxygen atoms in total. The number of nitrogens with one attached hydrogen (secondary N) is 1. The van der Waals surface area contributed by atoms with E-state index in [1.54, 1.807) is 30.6 Å². The van der Waals surface area contributed by atoms with Crippen LogP contribution in [0.15, 0.2) is 36.7 Å². The Labute approximate surface area is 143 Å². The first kappa shape index (κ1) is 15.7. The van der Waals surface area contributed by atoms with Gasteiger partial charge in [-0.25, -0.2) is 4.98 Å². The van der Waals surface area contributed by atoms with Gasteiger partial charge >= 0.3 is 0 Å². The first-order chi connectivity index (χ1) is 11.5. The molecule has 0 fully saturated rings. The largest absolute Gasteiger partial charge is 0.503 e. The summed E-state index contributed by atoms with van der Waals surface area (Å²) in [4.78, 5) is 7.23. The number of phenolic OH excluding ortho intramolecular Hbond substituents is 1. The monoisotopic (exact) mass is 340 g/mol. The number of aromatic hydroxyl groups is 1. The van der Waals surface area contributed by atoms with Crippen molar-refractivity contribution in [3.8, 4) is 40.0 Å². The lowest BCUT2D eigenvalue weighted by molar-refractivity contribution is 0.374. The van der Waals surface area contributed by atoms with E-state index < -0.39 is 0 Å². The topological polar surface area (TPSA) is 108 Å². The summed E-state index contributed by atoms with van der Waals surface area (Å²) in [6.45, 7) is 0. The number of nitrogens with zero attached hydrogens (tertiary/aromatic N) is 2. The van der Waals surface area contributed by atoms with Gasteiger partial charge in [-0.15, -0.1) is 0 Å². The van der Waals surface area contributed by atoms with Crippen LogP contribution >= 0.6 is 11.6 Å². The van der Waals surface area contributed by atoms with Gasteiger partial charge in [0.25, 0.3) is 0 Å². The molecule has 0 unspecified atom stereocenters. The summed E-state index contributed by atoms with van der Waals surface area (Å²) in [5.41, 5.74) is 8.80. The molecule has 7 heteroatoms. The van der Waals surface area contributed by atoms with Crippen molar-refractivity contribution in [2.45, 2.75) is 0 Å². The fraction of sp³-hybridized carbons (Fsp3) is 0.0588. The van der Waals surface area contributed by atoms with Crippen LogP contribution in [0, 0.1) is 11.3 Å². The quantitative estimate of drug-likeness (QED) is 0.675. The zero-order valence-electron chi connectivity index (χ0n) is 12.7. The molecule has 0 aliphatic carbocycles. The predicted octanol–water partition coefficient (Wildman–Crippen LogP) is 3.57. The summed E-state index contributed by atoms with van der Waals surface area (Å²) in [6.07, 6.45) is 3.55. The van der Waals surface area contributed by atoms with Crippen molar-refractivity contribution in [2.24, 2.45) is 0 Å². The molecule has 0 amide bonds. The number of methoxy groups -OCH3 is 1. The molecule has 2 heterocycles. The number of hydrogen-bond acceptors (Lipinski definition) is 5. The van der Waals surface area contributed by atoms with Crippen LogP contribution in [0.5, 0.6) is 11.5 Å². The van der Waals surface area contributed by atoms with Crippen molar-refractivity contribution < 1.29 is 9.84 Å². The van der Waals surface area contributed by atoms with Crippen LogP contribution in [0.1, 0.15) is 5.56 Å². The number of phenols is 1. The Morgan fingerprint density at radius 1 is 1.33 bits per heavy atom. The van der Waals surface area contributed by atoms with Crippen molar-refractivity contribution in [2.75, 3.05) is 12.8 Å². The number of halogens is 1. The number of benzene rings is 1. The molecule has 0 aliphatic rings. The summed E-state index contributed by atoms with van der Waals surface area (Å²) in [7, 11) is 1.42. The first-order valence-corrected chi connectivity index (χ1v) is 7.33. The van der Waals surface area contributed by atoms with E-state index in [9.17, 15) is 10.4 Å². The minimum atomic E-state index is -0.158. The summed E-state index contributed by atoms with van der Waals surface area (Å²) in [6, 6.07) is 8.81. The fourth-order valence-corrected chi connectivity index (χ4v) is 2.64. The van der Waals surface area contributed by atoms with E-state index in [1.165, 1.54) is 7.11 Å². The average molecular weight is 341 g/mol. The molecular weight excluding hydrogens is 328 g/mol. The number of nitriles is 1. The summed E-state index contributed by atoms with van der Waals surface area (Å²) >= 11 is 6.06. The van der Waals surface area contributed by atoms with Gasteiger partial charge in [-0.05, 0) is 29.8 Å². The van der Waals surface area contributed by atoms with Crippen LogP contribution in [0.3, 0.4) is 0 Å². The van der Waals surface area contributed by atoms with Gasteiger partial charge < -0.3 is 20.6 Å². The molecule has 0 bridgehead atoms. The third kappa shape index (κ3) is 2.62. The number of aromatic nitrogens is 2. The number of H-pyrrole nitrogens is 1. The highest BCUT2D eigenvalue weighted by Gasteiger charge is 2.17. The van der Waals surface area contributed by atoms with Crippen molar-refractivity contribution in [1.29, 1.82) is 5.26 Å². The predicted molar refractivity (Wildman–Crippen MR) is 91.8 cm³/mol. The number of nitrogens with two attached hydrogens (primary N) is 1. The third-order valence-electron chi connectivity index (χ3n) is 3.61.